The molecule has 0 spiro atoms. The number of nitrogens with zero attached hydrogens (tertiary/aromatic N) is 1. The minimum Gasteiger partial charge on any atom is -0.452 e. The summed E-state index contributed by atoms with van der Waals surface area (Å²) in [7, 11) is 1.38. The SMILES string of the molecule is Cc1cccc(C)c1NC(=O)CN(C)C(=O)COC(=O)c1ccccc1OC(F)F. The van der Waals surface area contributed by atoms with Crippen molar-refractivity contribution in [2.45, 2.75) is 20.5 Å². The Morgan fingerprint density at radius 3 is 2.30 bits per heavy atom. The number of likely N-dealkylation sites (N-methyl/N-ethyl adjacent to an activating group) is 1. The van der Waals surface area contributed by atoms with E-state index in [1.165, 1.54) is 31.3 Å². The van der Waals surface area contributed by atoms with E-state index in [1.807, 2.05) is 32.0 Å². The van der Waals surface area contributed by atoms with Crippen LogP contribution in [0.1, 0.15) is 21.5 Å². The van der Waals surface area contributed by atoms with Crippen molar-refractivity contribution in [3.8, 4) is 5.75 Å². The lowest BCUT2D eigenvalue weighted by molar-refractivity contribution is -0.136. The monoisotopic (exact) mass is 420 g/mol. The lowest BCUT2D eigenvalue weighted by atomic mass is 10.1. The van der Waals surface area contributed by atoms with Crippen LogP contribution in [0.15, 0.2) is 42.5 Å². The Balaban J connectivity index is 1.90. The van der Waals surface area contributed by atoms with Crippen LogP contribution >= 0.6 is 0 Å². The van der Waals surface area contributed by atoms with Gasteiger partial charge in [0.15, 0.2) is 6.61 Å². The summed E-state index contributed by atoms with van der Waals surface area (Å²) < 4.78 is 34.0. The van der Waals surface area contributed by atoms with Crippen LogP contribution in [0.5, 0.6) is 5.75 Å². The minimum atomic E-state index is -3.11. The average molecular weight is 420 g/mol. The Morgan fingerprint density at radius 1 is 1.03 bits per heavy atom. The molecule has 0 aliphatic heterocycles. The topological polar surface area (TPSA) is 84.9 Å². The number of esters is 1. The fourth-order valence-corrected chi connectivity index (χ4v) is 2.64. The number of hydrogen-bond donors (Lipinski definition) is 1. The number of nitrogens with one attached hydrogen (secondary N) is 1. The van der Waals surface area contributed by atoms with Crippen molar-refractivity contribution >= 4 is 23.5 Å². The van der Waals surface area contributed by atoms with Crippen molar-refractivity contribution in [3.63, 3.8) is 0 Å². The molecular formula is C21H22F2N2O5. The molecule has 2 aromatic rings. The molecule has 0 aliphatic rings. The molecule has 30 heavy (non-hydrogen) atoms. The summed E-state index contributed by atoms with van der Waals surface area (Å²) >= 11 is 0. The third-order valence-corrected chi connectivity index (χ3v) is 4.20. The van der Waals surface area contributed by atoms with Gasteiger partial charge in [0.05, 0.1) is 6.54 Å². The highest BCUT2D eigenvalue weighted by atomic mass is 19.3. The largest absolute Gasteiger partial charge is 0.452 e. The second-order valence-electron chi connectivity index (χ2n) is 6.52. The molecule has 2 aromatic carbocycles. The maximum Gasteiger partial charge on any atom is 0.387 e. The molecule has 0 aromatic heterocycles. The summed E-state index contributed by atoms with van der Waals surface area (Å²) in [5.41, 5.74) is 2.21. The molecule has 0 saturated heterocycles. The van der Waals surface area contributed by atoms with Crippen molar-refractivity contribution in [2.75, 3.05) is 25.5 Å². The average Bonchev–Trinajstić information content (AvgIpc) is 2.68. The number of anilines is 1. The quantitative estimate of drug-likeness (QED) is 0.663. The van der Waals surface area contributed by atoms with E-state index in [2.05, 4.69) is 10.1 Å². The van der Waals surface area contributed by atoms with E-state index in [0.29, 0.717) is 5.69 Å². The number of aryl methyl sites for hydroxylation is 2. The van der Waals surface area contributed by atoms with Crippen molar-refractivity contribution in [1.82, 2.24) is 4.90 Å². The second-order valence-corrected chi connectivity index (χ2v) is 6.52. The van der Waals surface area contributed by atoms with E-state index in [0.717, 1.165) is 16.0 Å². The van der Waals surface area contributed by atoms with Gasteiger partial charge in [0, 0.05) is 12.7 Å². The van der Waals surface area contributed by atoms with Gasteiger partial charge in [-0.15, -0.1) is 0 Å². The van der Waals surface area contributed by atoms with E-state index in [-0.39, 0.29) is 17.9 Å². The second kappa shape index (κ2) is 10.3. The predicted molar refractivity (Wildman–Crippen MR) is 106 cm³/mol. The van der Waals surface area contributed by atoms with Crippen molar-refractivity contribution < 1.29 is 32.6 Å². The predicted octanol–water partition coefficient (Wildman–Crippen LogP) is 3.16. The number of rotatable bonds is 8. The number of carbonyl (C=O) groups is 3. The maximum atomic E-state index is 12.4. The number of halogens is 2. The van der Waals surface area contributed by atoms with E-state index < -0.39 is 31.0 Å². The molecule has 160 valence electrons. The highest BCUT2D eigenvalue weighted by Crippen LogP contribution is 2.21. The zero-order valence-electron chi connectivity index (χ0n) is 16.8. The molecule has 0 atom stereocenters. The van der Waals surface area contributed by atoms with E-state index in [4.69, 9.17) is 4.74 Å². The van der Waals surface area contributed by atoms with E-state index in [1.54, 1.807) is 0 Å². The Labute approximate surface area is 172 Å². The van der Waals surface area contributed by atoms with Crippen LogP contribution in [-0.4, -0.2) is 49.5 Å². The standard InChI is InChI=1S/C21H22F2N2O5/c1-13-7-6-8-14(2)19(13)24-17(26)11-25(3)18(27)12-29-20(28)15-9-4-5-10-16(15)30-21(22)23/h4-10,21H,11-12H2,1-3H3,(H,24,26). The number of para-hydroxylation sites is 2. The zero-order chi connectivity index (χ0) is 22.3. The smallest absolute Gasteiger partial charge is 0.387 e. The number of benzene rings is 2. The third kappa shape index (κ3) is 6.26. The Morgan fingerprint density at radius 2 is 1.67 bits per heavy atom. The van der Waals surface area contributed by atoms with Crippen LogP contribution in [0.4, 0.5) is 14.5 Å². The molecule has 2 rings (SSSR count). The summed E-state index contributed by atoms with van der Waals surface area (Å²) in [5.74, 6) is -2.39. The number of hydrogen-bond acceptors (Lipinski definition) is 5. The summed E-state index contributed by atoms with van der Waals surface area (Å²) in [6.07, 6.45) is 0. The van der Waals surface area contributed by atoms with Gasteiger partial charge < -0.3 is 19.7 Å². The Bertz CT molecular complexity index is 913. The highest BCUT2D eigenvalue weighted by molar-refractivity contribution is 5.97. The number of alkyl halides is 2. The normalized spacial score (nSPS) is 10.5. The first-order chi connectivity index (χ1) is 14.2. The number of carbonyl (C=O) groups excluding carboxylic acids is 3. The van der Waals surface area contributed by atoms with Gasteiger partial charge in [-0.3, -0.25) is 9.59 Å². The van der Waals surface area contributed by atoms with Gasteiger partial charge in [-0.05, 0) is 37.1 Å². The van der Waals surface area contributed by atoms with Crippen LogP contribution in [-0.2, 0) is 14.3 Å². The molecule has 7 nitrogen and oxygen atoms in total. The molecule has 0 aliphatic carbocycles. The summed E-state index contributed by atoms with van der Waals surface area (Å²) in [4.78, 5) is 37.6. The fraction of sp³-hybridized carbons (Fsp3) is 0.286. The van der Waals surface area contributed by atoms with Crippen LogP contribution in [0.3, 0.4) is 0 Å². The van der Waals surface area contributed by atoms with Crippen LogP contribution < -0.4 is 10.1 Å². The van der Waals surface area contributed by atoms with Gasteiger partial charge >= 0.3 is 12.6 Å². The molecular weight excluding hydrogens is 398 g/mol. The van der Waals surface area contributed by atoms with E-state index in [9.17, 15) is 23.2 Å². The van der Waals surface area contributed by atoms with Crippen LogP contribution in [0, 0.1) is 13.8 Å². The number of amides is 2. The molecule has 0 heterocycles. The zero-order valence-corrected chi connectivity index (χ0v) is 16.8. The van der Waals surface area contributed by atoms with Gasteiger partial charge in [0.1, 0.15) is 11.3 Å². The van der Waals surface area contributed by atoms with Crippen molar-refractivity contribution in [1.29, 1.82) is 0 Å². The summed E-state index contributed by atoms with van der Waals surface area (Å²) in [5, 5.41) is 2.75. The lowest BCUT2D eigenvalue weighted by Gasteiger charge is -2.18. The van der Waals surface area contributed by atoms with Gasteiger partial charge in [-0.25, -0.2) is 4.79 Å². The fourth-order valence-electron chi connectivity index (χ4n) is 2.64. The molecule has 0 radical (unpaired) electrons. The van der Waals surface area contributed by atoms with Crippen LogP contribution in [0.25, 0.3) is 0 Å². The first-order valence-corrected chi connectivity index (χ1v) is 9.00. The molecule has 0 saturated carbocycles. The van der Waals surface area contributed by atoms with Crippen molar-refractivity contribution in [2.24, 2.45) is 0 Å². The van der Waals surface area contributed by atoms with Crippen molar-refractivity contribution in [3.05, 3.63) is 59.2 Å². The molecule has 0 fully saturated rings. The van der Waals surface area contributed by atoms with Gasteiger partial charge in [-0.2, -0.15) is 8.78 Å². The minimum absolute atomic E-state index is 0.235. The lowest BCUT2D eigenvalue weighted by Crippen LogP contribution is -2.37. The molecule has 0 unspecified atom stereocenters. The van der Waals surface area contributed by atoms with Crippen LogP contribution in [0.2, 0.25) is 0 Å². The maximum absolute atomic E-state index is 12.4. The first-order valence-electron chi connectivity index (χ1n) is 9.00. The summed E-state index contributed by atoms with van der Waals surface area (Å²) in [6.45, 7) is -0.314. The van der Waals surface area contributed by atoms with E-state index >= 15 is 0 Å². The third-order valence-electron chi connectivity index (χ3n) is 4.20. The van der Waals surface area contributed by atoms with Gasteiger partial charge in [-0.1, -0.05) is 30.3 Å². The molecule has 2 amide bonds. The molecule has 9 heteroatoms. The Kier molecular flexibility index (Phi) is 7.85. The summed E-state index contributed by atoms with van der Waals surface area (Å²) in [6, 6.07) is 10.9. The molecule has 1 N–H and O–H groups in total. The van der Waals surface area contributed by atoms with Gasteiger partial charge in [0.25, 0.3) is 5.91 Å². The first kappa shape index (κ1) is 22.8. The Hall–Kier alpha value is -3.49. The highest BCUT2D eigenvalue weighted by Gasteiger charge is 2.20. The van der Waals surface area contributed by atoms with Gasteiger partial charge in [0.2, 0.25) is 5.91 Å². The number of ether oxygens (including phenoxy) is 2. The molecule has 0 bridgehead atoms.